The molecule has 0 unspecified atom stereocenters. The first-order chi connectivity index (χ1) is 15.2. The Morgan fingerprint density at radius 2 is 1.97 bits per heavy atom. The smallest absolute Gasteiger partial charge is 0.182 e. The van der Waals surface area contributed by atoms with E-state index in [1.165, 1.54) is 6.07 Å². The first kappa shape index (κ1) is 21.3. The molecule has 3 aromatic rings. The van der Waals surface area contributed by atoms with E-state index in [0.717, 1.165) is 62.4 Å². The minimum absolute atomic E-state index is 0.128. The van der Waals surface area contributed by atoms with Crippen LogP contribution in [0.4, 0.5) is 10.2 Å². The van der Waals surface area contributed by atoms with Crippen molar-refractivity contribution >= 4 is 5.82 Å². The summed E-state index contributed by atoms with van der Waals surface area (Å²) < 4.78 is 14.0. The van der Waals surface area contributed by atoms with E-state index in [-0.39, 0.29) is 5.82 Å². The SMILES string of the molecule is CCCCNc1cc(C2CCN(Cc3ccccc3F)CC2)nc(-c2cnccn2)n1. The number of halogens is 1. The fourth-order valence-electron chi connectivity index (χ4n) is 3.94. The second-order valence-corrected chi connectivity index (χ2v) is 8.01. The zero-order chi connectivity index (χ0) is 21.5. The number of benzene rings is 1. The predicted molar refractivity (Wildman–Crippen MR) is 120 cm³/mol. The van der Waals surface area contributed by atoms with Gasteiger partial charge in [0.15, 0.2) is 5.82 Å². The van der Waals surface area contributed by atoms with Crippen molar-refractivity contribution in [1.82, 2.24) is 24.8 Å². The molecular weight excluding hydrogens is 391 g/mol. The summed E-state index contributed by atoms with van der Waals surface area (Å²) in [5.41, 5.74) is 2.48. The van der Waals surface area contributed by atoms with Crippen LogP contribution >= 0.6 is 0 Å². The molecule has 4 rings (SSSR count). The van der Waals surface area contributed by atoms with Gasteiger partial charge in [-0.1, -0.05) is 31.5 Å². The predicted octanol–water partition coefficient (Wildman–Crippen LogP) is 4.66. The van der Waals surface area contributed by atoms with Crippen LogP contribution in [0.25, 0.3) is 11.5 Å². The molecule has 0 aliphatic carbocycles. The van der Waals surface area contributed by atoms with Gasteiger partial charge in [-0.15, -0.1) is 0 Å². The number of likely N-dealkylation sites (tertiary alicyclic amines) is 1. The van der Waals surface area contributed by atoms with Gasteiger partial charge in [0.05, 0.1) is 6.20 Å². The Balaban J connectivity index is 1.48. The average Bonchev–Trinajstić information content (AvgIpc) is 2.82. The van der Waals surface area contributed by atoms with Gasteiger partial charge in [-0.3, -0.25) is 9.88 Å². The van der Waals surface area contributed by atoms with Crippen LogP contribution in [0.1, 0.15) is 49.8 Å². The lowest BCUT2D eigenvalue weighted by atomic mass is 9.92. The van der Waals surface area contributed by atoms with Gasteiger partial charge in [-0.25, -0.2) is 19.3 Å². The molecule has 0 spiro atoms. The average molecular weight is 421 g/mol. The maximum absolute atomic E-state index is 14.0. The lowest BCUT2D eigenvalue weighted by Crippen LogP contribution is -2.33. The van der Waals surface area contributed by atoms with Crippen LogP contribution in [-0.4, -0.2) is 44.5 Å². The molecule has 6 nitrogen and oxygen atoms in total. The van der Waals surface area contributed by atoms with Gasteiger partial charge in [0.25, 0.3) is 0 Å². The molecule has 0 atom stereocenters. The van der Waals surface area contributed by atoms with Gasteiger partial charge < -0.3 is 5.32 Å². The highest BCUT2D eigenvalue weighted by molar-refractivity contribution is 5.52. The lowest BCUT2D eigenvalue weighted by molar-refractivity contribution is 0.201. The molecular formula is C24H29FN6. The number of aromatic nitrogens is 4. The van der Waals surface area contributed by atoms with E-state index in [9.17, 15) is 4.39 Å². The van der Waals surface area contributed by atoms with Crippen molar-refractivity contribution in [3.63, 3.8) is 0 Å². The molecule has 0 bridgehead atoms. The van der Waals surface area contributed by atoms with Crippen molar-refractivity contribution in [3.8, 4) is 11.5 Å². The molecule has 2 aromatic heterocycles. The molecule has 7 heteroatoms. The molecule has 0 amide bonds. The molecule has 31 heavy (non-hydrogen) atoms. The number of anilines is 1. The summed E-state index contributed by atoms with van der Waals surface area (Å²) in [4.78, 5) is 20.4. The highest BCUT2D eigenvalue weighted by Crippen LogP contribution is 2.30. The Hall–Kier alpha value is -2.93. The number of rotatable bonds is 8. The van der Waals surface area contributed by atoms with Crippen molar-refractivity contribution in [1.29, 1.82) is 0 Å². The van der Waals surface area contributed by atoms with E-state index in [1.807, 2.05) is 12.1 Å². The van der Waals surface area contributed by atoms with Crippen LogP contribution in [0.5, 0.6) is 0 Å². The topological polar surface area (TPSA) is 66.8 Å². The van der Waals surface area contributed by atoms with Gasteiger partial charge >= 0.3 is 0 Å². The third-order valence-electron chi connectivity index (χ3n) is 5.73. The first-order valence-electron chi connectivity index (χ1n) is 11.1. The van der Waals surface area contributed by atoms with Crippen LogP contribution in [-0.2, 0) is 6.54 Å². The van der Waals surface area contributed by atoms with Crippen molar-refractivity contribution < 1.29 is 4.39 Å². The Morgan fingerprint density at radius 1 is 1.13 bits per heavy atom. The standard InChI is InChI=1S/C24H29FN6/c1-2-3-10-28-23-15-21(29-24(30-23)22-16-26-11-12-27-22)18-8-13-31(14-9-18)17-19-6-4-5-7-20(19)25/h4-7,11-12,15-16,18H,2-3,8-10,13-14,17H2,1H3,(H,28,29,30). The molecule has 0 saturated carbocycles. The Kier molecular flexibility index (Phi) is 7.14. The molecule has 1 aliphatic heterocycles. The summed E-state index contributed by atoms with van der Waals surface area (Å²) in [6.07, 6.45) is 9.21. The Labute approximate surface area is 183 Å². The quantitative estimate of drug-likeness (QED) is 0.535. The second kappa shape index (κ2) is 10.4. The monoisotopic (exact) mass is 420 g/mol. The number of piperidine rings is 1. The van der Waals surface area contributed by atoms with E-state index in [4.69, 9.17) is 4.98 Å². The molecule has 1 aliphatic rings. The fourth-order valence-corrected chi connectivity index (χ4v) is 3.94. The number of hydrogen-bond donors (Lipinski definition) is 1. The van der Waals surface area contributed by atoms with Crippen molar-refractivity contribution in [2.45, 2.75) is 45.1 Å². The first-order valence-corrected chi connectivity index (χ1v) is 11.1. The molecule has 1 N–H and O–H groups in total. The van der Waals surface area contributed by atoms with Crippen molar-refractivity contribution in [3.05, 3.63) is 66.0 Å². The van der Waals surface area contributed by atoms with Crippen LogP contribution in [0.3, 0.4) is 0 Å². The summed E-state index contributed by atoms with van der Waals surface area (Å²) >= 11 is 0. The Bertz CT molecular complexity index is 973. The largest absolute Gasteiger partial charge is 0.370 e. The maximum atomic E-state index is 14.0. The highest BCUT2D eigenvalue weighted by atomic mass is 19.1. The molecule has 0 radical (unpaired) electrons. The maximum Gasteiger partial charge on any atom is 0.182 e. The minimum atomic E-state index is -0.128. The van der Waals surface area contributed by atoms with Gasteiger partial charge in [-0.2, -0.15) is 0 Å². The molecule has 1 saturated heterocycles. The van der Waals surface area contributed by atoms with E-state index >= 15 is 0 Å². The minimum Gasteiger partial charge on any atom is -0.370 e. The third kappa shape index (κ3) is 5.61. The zero-order valence-corrected chi connectivity index (χ0v) is 18.0. The summed E-state index contributed by atoms with van der Waals surface area (Å²) in [5.74, 6) is 1.67. The van der Waals surface area contributed by atoms with Crippen LogP contribution in [0, 0.1) is 5.82 Å². The van der Waals surface area contributed by atoms with Crippen LogP contribution in [0.2, 0.25) is 0 Å². The molecule has 3 heterocycles. The van der Waals surface area contributed by atoms with Crippen molar-refractivity contribution in [2.75, 3.05) is 25.0 Å². The van der Waals surface area contributed by atoms with Gasteiger partial charge in [-0.05, 0) is 38.4 Å². The zero-order valence-electron chi connectivity index (χ0n) is 18.0. The highest BCUT2D eigenvalue weighted by Gasteiger charge is 2.23. The van der Waals surface area contributed by atoms with Gasteiger partial charge in [0.2, 0.25) is 0 Å². The number of hydrogen-bond acceptors (Lipinski definition) is 6. The summed E-state index contributed by atoms with van der Waals surface area (Å²) in [6.45, 7) is 5.54. The van der Waals surface area contributed by atoms with E-state index < -0.39 is 0 Å². The summed E-state index contributed by atoms with van der Waals surface area (Å²) in [6, 6.07) is 9.11. The van der Waals surface area contributed by atoms with Crippen LogP contribution in [0.15, 0.2) is 48.9 Å². The summed E-state index contributed by atoms with van der Waals surface area (Å²) in [7, 11) is 0. The van der Waals surface area contributed by atoms with E-state index in [2.05, 4.69) is 38.2 Å². The molecule has 1 fully saturated rings. The lowest BCUT2D eigenvalue weighted by Gasteiger charge is -2.32. The Morgan fingerprint density at radius 3 is 2.71 bits per heavy atom. The third-order valence-corrected chi connectivity index (χ3v) is 5.73. The second-order valence-electron chi connectivity index (χ2n) is 8.01. The van der Waals surface area contributed by atoms with Crippen LogP contribution < -0.4 is 5.32 Å². The summed E-state index contributed by atoms with van der Waals surface area (Å²) in [5, 5.41) is 3.43. The van der Waals surface area contributed by atoms with Crippen molar-refractivity contribution in [2.24, 2.45) is 0 Å². The van der Waals surface area contributed by atoms with Gasteiger partial charge in [0.1, 0.15) is 17.3 Å². The molecule has 162 valence electrons. The number of unbranched alkanes of at least 4 members (excludes halogenated alkanes) is 1. The van der Waals surface area contributed by atoms with E-state index in [0.29, 0.717) is 24.0 Å². The number of nitrogens with zero attached hydrogens (tertiary/aromatic N) is 5. The fraction of sp³-hybridized carbons (Fsp3) is 0.417. The number of nitrogens with one attached hydrogen (secondary N) is 1. The molecule has 1 aromatic carbocycles. The van der Waals surface area contributed by atoms with E-state index in [1.54, 1.807) is 24.7 Å². The van der Waals surface area contributed by atoms with Gasteiger partial charge in [0, 0.05) is 48.7 Å². The normalized spacial score (nSPS) is 15.2.